The number of hydrogen-bond donors (Lipinski definition) is 2. The van der Waals surface area contributed by atoms with Crippen LogP contribution in [0.2, 0.25) is 0 Å². The van der Waals surface area contributed by atoms with E-state index >= 15 is 0 Å². The Kier molecular flexibility index (Phi) is 4.78. The number of nitrogens with zero attached hydrogens (tertiary/aromatic N) is 2. The van der Waals surface area contributed by atoms with Crippen molar-refractivity contribution >= 4 is 11.0 Å². The molecule has 3 aromatic rings. The van der Waals surface area contributed by atoms with Gasteiger partial charge in [-0.2, -0.15) is 5.10 Å². The first-order valence-corrected chi connectivity index (χ1v) is 9.22. The largest absolute Gasteiger partial charge is 0.348 e. The van der Waals surface area contributed by atoms with Gasteiger partial charge in [-0.3, -0.25) is 4.79 Å². The lowest BCUT2D eigenvalue weighted by atomic mass is 10.2. The molecule has 0 aliphatic carbocycles. The maximum atomic E-state index is 13.2. The molecule has 0 radical (unpaired) electrons. The predicted molar refractivity (Wildman–Crippen MR) is 103 cm³/mol. The second-order valence-corrected chi connectivity index (χ2v) is 7.44. The summed E-state index contributed by atoms with van der Waals surface area (Å²) in [4.78, 5) is 15.5. The molecule has 4 rings (SSSR count). The van der Waals surface area contributed by atoms with Crippen LogP contribution in [0.4, 0.5) is 4.39 Å². The fraction of sp³-hybridized carbons (Fsp3) is 0.400. The Morgan fingerprint density at radius 1 is 1.36 bits per heavy atom. The second-order valence-electron chi connectivity index (χ2n) is 7.44. The second kappa shape index (κ2) is 7.12. The summed E-state index contributed by atoms with van der Waals surface area (Å²) in [6.45, 7) is 7.17. The SMILES string of the molecule is Cc1nn(-c2ccc(F)cc2)c2[nH]c(=O)c(CNC[C@@H]3COC(C)(C)O3)cc12. The number of hydrogen-bond acceptors (Lipinski definition) is 5. The highest BCUT2D eigenvalue weighted by atomic mass is 19.1. The van der Waals surface area contributed by atoms with Crippen molar-refractivity contribution in [3.63, 3.8) is 0 Å². The molecule has 0 amide bonds. The quantitative estimate of drug-likeness (QED) is 0.704. The Morgan fingerprint density at radius 2 is 2.11 bits per heavy atom. The first-order chi connectivity index (χ1) is 13.3. The average molecular weight is 386 g/mol. The summed E-state index contributed by atoms with van der Waals surface area (Å²) in [5.41, 5.74) is 2.49. The van der Waals surface area contributed by atoms with Crippen LogP contribution >= 0.6 is 0 Å². The number of pyridine rings is 1. The smallest absolute Gasteiger partial charge is 0.254 e. The minimum atomic E-state index is -0.561. The first kappa shape index (κ1) is 18.8. The summed E-state index contributed by atoms with van der Waals surface area (Å²) in [5, 5.41) is 8.60. The van der Waals surface area contributed by atoms with Crippen molar-refractivity contribution in [1.82, 2.24) is 20.1 Å². The molecule has 3 heterocycles. The summed E-state index contributed by atoms with van der Waals surface area (Å²) in [7, 11) is 0. The molecule has 8 heteroatoms. The predicted octanol–water partition coefficient (Wildman–Crippen LogP) is 2.40. The molecule has 28 heavy (non-hydrogen) atoms. The summed E-state index contributed by atoms with van der Waals surface area (Å²) >= 11 is 0. The zero-order chi connectivity index (χ0) is 19.9. The first-order valence-electron chi connectivity index (χ1n) is 9.22. The van der Waals surface area contributed by atoms with E-state index in [1.807, 2.05) is 26.8 Å². The summed E-state index contributed by atoms with van der Waals surface area (Å²) < 4.78 is 26.1. The van der Waals surface area contributed by atoms with Gasteiger partial charge >= 0.3 is 0 Å². The van der Waals surface area contributed by atoms with E-state index in [9.17, 15) is 9.18 Å². The van der Waals surface area contributed by atoms with Crippen molar-refractivity contribution in [2.75, 3.05) is 13.2 Å². The van der Waals surface area contributed by atoms with E-state index in [1.54, 1.807) is 16.8 Å². The minimum absolute atomic E-state index is 0.0409. The monoisotopic (exact) mass is 386 g/mol. The van der Waals surface area contributed by atoms with Crippen LogP contribution in [0.15, 0.2) is 35.1 Å². The molecule has 7 nitrogen and oxygen atoms in total. The standard InChI is InChI=1S/C20H23FN4O3/c1-12-17-8-13(9-22-10-16-11-27-20(2,3)28-16)19(26)23-18(17)25(24-12)15-6-4-14(21)5-7-15/h4-8,16,22H,9-11H2,1-3H3,(H,23,26)/t16-/m1/s1. The number of halogens is 1. The van der Waals surface area contributed by atoms with E-state index in [0.29, 0.717) is 36.6 Å². The molecule has 148 valence electrons. The number of ether oxygens (including phenoxy) is 2. The minimum Gasteiger partial charge on any atom is -0.348 e. The van der Waals surface area contributed by atoms with Gasteiger partial charge in [-0.1, -0.05) is 0 Å². The number of fused-ring (bicyclic) bond motifs is 1. The number of nitrogens with one attached hydrogen (secondary N) is 2. The van der Waals surface area contributed by atoms with Crippen molar-refractivity contribution in [2.45, 2.75) is 39.2 Å². The maximum Gasteiger partial charge on any atom is 0.254 e. The van der Waals surface area contributed by atoms with Gasteiger partial charge in [0.15, 0.2) is 5.79 Å². The zero-order valence-electron chi connectivity index (χ0n) is 16.1. The highest BCUT2D eigenvalue weighted by Gasteiger charge is 2.32. The molecule has 1 atom stereocenters. The van der Waals surface area contributed by atoms with Gasteiger partial charge in [-0.25, -0.2) is 9.07 Å². The normalized spacial score (nSPS) is 18.8. The molecule has 1 aliphatic rings. The van der Waals surface area contributed by atoms with Gasteiger partial charge in [0.1, 0.15) is 11.5 Å². The van der Waals surface area contributed by atoms with Gasteiger partial charge < -0.3 is 19.8 Å². The maximum absolute atomic E-state index is 13.2. The van der Waals surface area contributed by atoms with Crippen LogP contribution in [0, 0.1) is 12.7 Å². The molecule has 2 N–H and O–H groups in total. The van der Waals surface area contributed by atoms with Crippen molar-refractivity contribution in [1.29, 1.82) is 0 Å². The number of benzene rings is 1. The summed E-state index contributed by atoms with van der Waals surface area (Å²) in [6.07, 6.45) is -0.0409. The van der Waals surface area contributed by atoms with E-state index in [-0.39, 0.29) is 17.5 Å². The molecule has 0 saturated carbocycles. The molecule has 1 fully saturated rings. The molecule has 1 aromatic carbocycles. The fourth-order valence-electron chi connectivity index (χ4n) is 3.39. The molecule has 1 aliphatic heterocycles. The zero-order valence-corrected chi connectivity index (χ0v) is 16.1. The number of aromatic amines is 1. The van der Waals surface area contributed by atoms with Crippen LogP contribution < -0.4 is 10.9 Å². The van der Waals surface area contributed by atoms with Crippen LogP contribution in [-0.4, -0.2) is 39.8 Å². The number of H-pyrrole nitrogens is 1. The van der Waals surface area contributed by atoms with Crippen molar-refractivity contribution in [3.8, 4) is 5.69 Å². The van der Waals surface area contributed by atoms with Gasteiger partial charge in [0, 0.05) is 24.0 Å². The van der Waals surface area contributed by atoms with Crippen LogP contribution in [-0.2, 0) is 16.0 Å². The van der Waals surface area contributed by atoms with Crippen LogP contribution in [0.5, 0.6) is 0 Å². The average Bonchev–Trinajstić information content (AvgIpc) is 3.15. The lowest BCUT2D eigenvalue weighted by Gasteiger charge is -2.17. The van der Waals surface area contributed by atoms with E-state index in [0.717, 1.165) is 11.1 Å². The van der Waals surface area contributed by atoms with Crippen molar-refractivity contribution in [3.05, 3.63) is 57.8 Å². The number of aromatic nitrogens is 3. The Balaban J connectivity index is 1.55. The molecule has 0 spiro atoms. The topological polar surface area (TPSA) is 81.2 Å². The Morgan fingerprint density at radius 3 is 2.79 bits per heavy atom. The molecular formula is C20H23FN4O3. The van der Waals surface area contributed by atoms with E-state index in [4.69, 9.17) is 9.47 Å². The van der Waals surface area contributed by atoms with Crippen LogP contribution in [0.25, 0.3) is 16.7 Å². The molecule has 1 saturated heterocycles. The molecule has 0 bridgehead atoms. The third-order valence-electron chi connectivity index (χ3n) is 4.77. The highest BCUT2D eigenvalue weighted by Crippen LogP contribution is 2.22. The number of rotatable bonds is 5. The Labute approximate surface area is 161 Å². The Bertz CT molecular complexity index is 1060. The lowest BCUT2D eigenvalue weighted by Crippen LogP contribution is -2.31. The van der Waals surface area contributed by atoms with Gasteiger partial charge in [0.2, 0.25) is 0 Å². The van der Waals surface area contributed by atoms with Gasteiger partial charge in [-0.05, 0) is 51.1 Å². The van der Waals surface area contributed by atoms with Crippen LogP contribution in [0.3, 0.4) is 0 Å². The number of aryl methyl sites for hydroxylation is 1. The summed E-state index contributed by atoms with van der Waals surface area (Å²) in [5.74, 6) is -0.881. The lowest BCUT2D eigenvalue weighted by molar-refractivity contribution is -0.137. The van der Waals surface area contributed by atoms with E-state index in [1.165, 1.54) is 12.1 Å². The van der Waals surface area contributed by atoms with Gasteiger partial charge in [-0.15, -0.1) is 0 Å². The highest BCUT2D eigenvalue weighted by molar-refractivity contribution is 5.80. The fourth-order valence-corrected chi connectivity index (χ4v) is 3.39. The molecular weight excluding hydrogens is 363 g/mol. The van der Waals surface area contributed by atoms with E-state index in [2.05, 4.69) is 15.4 Å². The van der Waals surface area contributed by atoms with Gasteiger partial charge in [0.25, 0.3) is 5.56 Å². The molecule has 2 aromatic heterocycles. The van der Waals surface area contributed by atoms with Crippen molar-refractivity contribution < 1.29 is 13.9 Å². The third-order valence-corrected chi connectivity index (χ3v) is 4.77. The summed E-state index contributed by atoms with van der Waals surface area (Å²) in [6, 6.07) is 7.83. The van der Waals surface area contributed by atoms with Gasteiger partial charge in [0.05, 0.1) is 24.1 Å². The Hall–Kier alpha value is -2.55. The third kappa shape index (κ3) is 3.71. The van der Waals surface area contributed by atoms with Crippen molar-refractivity contribution in [2.24, 2.45) is 0 Å². The van der Waals surface area contributed by atoms with Crippen LogP contribution in [0.1, 0.15) is 25.1 Å². The molecule has 0 unspecified atom stereocenters. The van der Waals surface area contributed by atoms with E-state index < -0.39 is 5.79 Å².